The van der Waals surface area contributed by atoms with Crippen molar-refractivity contribution in [2.75, 3.05) is 13.7 Å². The number of aromatic amines is 1. The van der Waals surface area contributed by atoms with E-state index in [1.54, 1.807) is 7.11 Å². The van der Waals surface area contributed by atoms with Gasteiger partial charge in [-0.15, -0.1) is 0 Å². The van der Waals surface area contributed by atoms with E-state index in [9.17, 15) is 4.79 Å². The monoisotopic (exact) mass is 335 g/mol. The molecule has 20 heavy (non-hydrogen) atoms. The number of aromatic nitrogens is 2. The first-order valence-corrected chi connectivity index (χ1v) is 7.15. The van der Waals surface area contributed by atoms with Crippen LogP contribution < -0.4 is 15.6 Å². The molecule has 0 saturated heterocycles. The fraction of sp³-hybridized carbons (Fsp3) is 0.286. The molecule has 0 atom stereocenters. The summed E-state index contributed by atoms with van der Waals surface area (Å²) in [7, 11) is 1.62. The molecule has 5 nitrogen and oxygen atoms in total. The third kappa shape index (κ3) is 2.36. The van der Waals surface area contributed by atoms with E-state index in [1.165, 1.54) is 0 Å². The maximum Gasteiger partial charge on any atom is 0.254 e. The highest BCUT2D eigenvalue weighted by atomic mass is 79.9. The third-order valence-corrected chi connectivity index (χ3v) is 3.99. The van der Waals surface area contributed by atoms with Gasteiger partial charge in [0.2, 0.25) is 0 Å². The minimum Gasteiger partial charge on any atom is -0.496 e. The Hall–Kier alpha value is -1.66. The molecule has 0 spiro atoms. The van der Waals surface area contributed by atoms with Crippen molar-refractivity contribution in [1.82, 2.24) is 15.3 Å². The fourth-order valence-electron chi connectivity index (χ4n) is 2.32. The normalized spacial score (nSPS) is 13.9. The van der Waals surface area contributed by atoms with E-state index in [-0.39, 0.29) is 5.56 Å². The van der Waals surface area contributed by atoms with Gasteiger partial charge in [0, 0.05) is 17.7 Å². The lowest BCUT2D eigenvalue weighted by atomic mass is 10.1. The Morgan fingerprint density at radius 3 is 3.00 bits per heavy atom. The molecule has 6 heteroatoms. The van der Waals surface area contributed by atoms with Crippen molar-refractivity contribution in [2.45, 2.75) is 13.0 Å². The molecule has 1 aliphatic heterocycles. The number of halogens is 1. The maximum absolute atomic E-state index is 12.1. The largest absolute Gasteiger partial charge is 0.496 e. The van der Waals surface area contributed by atoms with Crippen molar-refractivity contribution in [1.29, 1.82) is 0 Å². The lowest BCUT2D eigenvalue weighted by molar-refractivity contribution is 0.412. The number of H-pyrrole nitrogens is 1. The minimum absolute atomic E-state index is 0.0431. The molecule has 1 aromatic heterocycles. The smallest absolute Gasteiger partial charge is 0.254 e. The van der Waals surface area contributed by atoms with Crippen molar-refractivity contribution >= 4 is 15.9 Å². The van der Waals surface area contributed by atoms with E-state index in [4.69, 9.17) is 4.74 Å². The van der Waals surface area contributed by atoms with Gasteiger partial charge in [-0.05, 0) is 47.1 Å². The fourth-order valence-corrected chi connectivity index (χ4v) is 2.86. The van der Waals surface area contributed by atoms with Crippen LogP contribution in [0.5, 0.6) is 5.75 Å². The highest BCUT2D eigenvalue weighted by molar-refractivity contribution is 9.10. The van der Waals surface area contributed by atoms with Crippen LogP contribution in [-0.2, 0) is 13.0 Å². The molecule has 3 rings (SSSR count). The highest BCUT2D eigenvalue weighted by Crippen LogP contribution is 2.29. The van der Waals surface area contributed by atoms with E-state index in [2.05, 4.69) is 31.2 Å². The zero-order chi connectivity index (χ0) is 14.1. The molecule has 0 aliphatic carbocycles. The van der Waals surface area contributed by atoms with E-state index < -0.39 is 0 Å². The quantitative estimate of drug-likeness (QED) is 0.878. The predicted octanol–water partition coefficient (Wildman–Crippen LogP) is 1.85. The summed E-state index contributed by atoms with van der Waals surface area (Å²) in [5.41, 5.74) is 2.43. The Morgan fingerprint density at radius 2 is 2.25 bits per heavy atom. The second-order valence-corrected chi connectivity index (χ2v) is 5.47. The Morgan fingerprint density at radius 1 is 1.40 bits per heavy atom. The number of ether oxygens (including phenoxy) is 1. The van der Waals surface area contributed by atoms with E-state index in [0.717, 1.165) is 40.0 Å². The van der Waals surface area contributed by atoms with Crippen LogP contribution in [-0.4, -0.2) is 23.6 Å². The highest BCUT2D eigenvalue weighted by Gasteiger charge is 2.16. The summed E-state index contributed by atoms with van der Waals surface area (Å²) in [6, 6.07) is 5.61. The average Bonchev–Trinajstić information content (AvgIpc) is 2.47. The third-order valence-electron chi connectivity index (χ3n) is 3.37. The predicted molar refractivity (Wildman–Crippen MR) is 80.0 cm³/mol. The van der Waals surface area contributed by atoms with Crippen molar-refractivity contribution in [2.24, 2.45) is 0 Å². The van der Waals surface area contributed by atoms with Crippen LogP contribution in [0.2, 0.25) is 0 Å². The number of rotatable bonds is 2. The Balaban J connectivity index is 2.08. The Labute approximate surface area is 124 Å². The standard InChI is InChI=1S/C14H14BrN3O2/c1-20-12-3-2-8(6-10(12)15)13-17-11-7-16-5-4-9(11)14(19)18-13/h2-3,6,16H,4-5,7H2,1H3,(H,17,18,19). The summed E-state index contributed by atoms with van der Waals surface area (Å²) in [5, 5.41) is 3.23. The van der Waals surface area contributed by atoms with Gasteiger partial charge in [-0.25, -0.2) is 4.98 Å². The molecule has 0 bridgehead atoms. The summed E-state index contributed by atoms with van der Waals surface area (Å²) < 4.78 is 6.03. The molecule has 1 aromatic carbocycles. The van der Waals surface area contributed by atoms with Gasteiger partial charge in [0.15, 0.2) is 0 Å². The molecule has 0 saturated carbocycles. The molecule has 2 heterocycles. The van der Waals surface area contributed by atoms with Gasteiger partial charge in [-0.1, -0.05) is 0 Å². The number of methoxy groups -OCH3 is 1. The SMILES string of the molecule is COc1ccc(-c2nc3c(c(=O)[nH]2)CCNC3)cc1Br. The summed E-state index contributed by atoms with van der Waals surface area (Å²) in [4.78, 5) is 19.5. The number of nitrogens with zero attached hydrogens (tertiary/aromatic N) is 1. The van der Waals surface area contributed by atoms with Crippen molar-refractivity contribution in [3.8, 4) is 17.1 Å². The molecule has 2 N–H and O–H groups in total. The van der Waals surface area contributed by atoms with E-state index in [0.29, 0.717) is 12.4 Å². The van der Waals surface area contributed by atoms with Crippen molar-refractivity contribution in [3.05, 3.63) is 44.3 Å². The maximum atomic E-state index is 12.1. The van der Waals surface area contributed by atoms with Crippen LogP contribution in [0.3, 0.4) is 0 Å². The number of hydrogen-bond donors (Lipinski definition) is 2. The van der Waals surface area contributed by atoms with E-state index >= 15 is 0 Å². The minimum atomic E-state index is -0.0431. The first kappa shape index (κ1) is 13.3. The van der Waals surface area contributed by atoms with Crippen LogP contribution in [0.15, 0.2) is 27.5 Å². The van der Waals surface area contributed by atoms with Gasteiger partial charge in [0.25, 0.3) is 5.56 Å². The van der Waals surface area contributed by atoms with Crippen molar-refractivity contribution in [3.63, 3.8) is 0 Å². The lowest BCUT2D eigenvalue weighted by Gasteiger charge is -2.16. The summed E-state index contributed by atoms with van der Waals surface area (Å²) in [6.45, 7) is 1.47. The van der Waals surface area contributed by atoms with Gasteiger partial charge >= 0.3 is 0 Å². The number of benzene rings is 1. The van der Waals surface area contributed by atoms with Gasteiger partial charge in [-0.2, -0.15) is 0 Å². The molecule has 0 amide bonds. The molecule has 1 aliphatic rings. The number of hydrogen-bond acceptors (Lipinski definition) is 4. The molecule has 104 valence electrons. The van der Waals surface area contributed by atoms with Gasteiger partial charge in [0.1, 0.15) is 11.6 Å². The zero-order valence-electron chi connectivity index (χ0n) is 11.0. The molecule has 0 fully saturated rings. The second kappa shape index (κ2) is 5.38. The van der Waals surface area contributed by atoms with Crippen LogP contribution in [0.25, 0.3) is 11.4 Å². The topological polar surface area (TPSA) is 67.0 Å². The first-order valence-electron chi connectivity index (χ1n) is 6.35. The van der Waals surface area contributed by atoms with Crippen LogP contribution >= 0.6 is 15.9 Å². The molecule has 0 radical (unpaired) electrons. The zero-order valence-corrected chi connectivity index (χ0v) is 12.6. The lowest BCUT2D eigenvalue weighted by Crippen LogP contribution is -2.31. The van der Waals surface area contributed by atoms with Crippen LogP contribution in [0.4, 0.5) is 0 Å². The number of nitrogens with one attached hydrogen (secondary N) is 2. The second-order valence-electron chi connectivity index (χ2n) is 4.62. The first-order chi connectivity index (χ1) is 9.69. The summed E-state index contributed by atoms with van der Waals surface area (Å²) in [5.74, 6) is 1.33. The van der Waals surface area contributed by atoms with Crippen LogP contribution in [0, 0.1) is 0 Å². The van der Waals surface area contributed by atoms with Crippen molar-refractivity contribution < 1.29 is 4.74 Å². The van der Waals surface area contributed by atoms with E-state index in [1.807, 2.05) is 18.2 Å². The summed E-state index contributed by atoms with van der Waals surface area (Å²) >= 11 is 3.44. The molecular weight excluding hydrogens is 322 g/mol. The molecule has 2 aromatic rings. The van der Waals surface area contributed by atoms with Gasteiger partial charge in [-0.3, -0.25) is 4.79 Å². The average molecular weight is 336 g/mol. The van der Waals surface area contributed by atoms with Gasteiger partial charge < -0.3 is 15.0 Å². The Bertz CT molecular complexity index is 712. The summed E-state index contributed by atoms with van der Waals surface area (Å²) in [6.07, 6.45) is 0.726. The molecule has 0 unspecified atom stereocenters. The number of fused-ring (bicyclic) bond motifs is 1. The molecular formula is C14H14BrN3O2. The van der Waals surface area contributed by atoms with Crippen LogP contribution in [0.1, 0.15) is 11.3 Å². The van der Waals surface area contributed by atoms with Gasteiger partial charge in [0.05, 0.1) is 17.3 Å². The Kier molecular flexibility index (Phi) is 3.58.